The number of nitrogens with one attached hydrogen (secondary N) is 1. The van der Waals surface area contributed by atoms with E-state index in [2.05, 4.69) is 15.0 Å². The second-order valence-electron chi connectivity index (χ2n) is 4.75. The number of nitrogens with two attached hydrogens (primary N) is 1. The van der Waals surface area contributed by atoms with Gasteiger partial charge in [-0.05, 0) is 11.1 Å². The normalized spacial score (nSPS) is 11.1. The van der Waals surface area contributed by atoms with Gasteiger partial charge in [0.2, 0.25) is 5.95 Å². The molecule has 0 aliphatic rings. The van der Waals surface area contributed by atoms with Crippen LogP contribution in [0.1, 0.15) is 11.1 Å². The average Bonchev–Trinajstić information content (AvgIpc) is 2.83. The first-order valence-electron chi connectivity index (χ1n) is 6.45. The molecule has 2 aromatic heterocycles. The van der Waals surface area contributed by atoms with Crippen molar-refractivity contribution in [3.05, 3.63) is 52.1 Å². The quantitative estimate of drug-likeness (QED) is 0.742. The lowest BCUT2D eigenvalue weighted by Gasteiger charge is -2.06. The number of aromatic nitrogens is 4. The van der Waals surface area contributed by atoms with Crippen LogP contribution in [0, 0.1) is 0 Å². The van der Waals surface area contributed by atoms with Crippen molar-refractivity contribution in [2.75, 3.05) is 12.8 Å². The molecule has 7 heteroatoms. The van der Waals surface area contributed by atoms with Gasteiger partial charge in [0.25, 0.3) is 5.56 Å². The highest BCUT2D eigenvalue weighted by molar-refractivity contribution is 5.70. The Morgan fingerprint density at radius 1 is 1.38 bits per heavy atom. The summed E-state index contributed by atoms with van der Waals surface area (Å²) in [6, 6.07) is 8.02. The van der Waals surface area contributed by atoms with Gasteiger partial charge in [-0.2, -0.15) is 4.98 Å². The number of nitrogens with zero attached hydrogens (tertiary/aromatic N) is 3. The van der Waals surface area contributed by atoms with Gasteiger partial charge in [-0.1, -0.05) is 24.3 Å². The molecule has 3 N–H and O–H groups in total. The van der Waals surface area contributed by atoms with E-state index in [1.165, 1.54) is 0 Å². The van der Waals surface area contributed by atoms with E-state index in [0.29, 0.717) is 18.8 Å². The fourth-order valence-corrected chi connectivity index (χ4v) is 2.27. The van der Waals surface area contributed by atoms with Crippen molar-refractivity contribution in [3.8, 4) is 0 Å². The molecule has 108 valence electrons. The van der Waals surface area contributed by atoms with E-state index in [-0.39, 0.29) is 17.0 Å². The summed E-state index contributed by atoms with van der Waals surface area (Å²) in [7, 11) is 1.66. The monoisotopic (exact) mass is 285 g/mol. The molecule has 0 fully saturated rings. The maximum absolute atomic E-state index is 11.7. The first-order chi connectivity index (χ1) is 10.2. The third-order valence-corrected chi connectivity index (χ3v) is 3.15. The van der Waals surface area contributed by atoms with Crippen molar-refractivity contribution in [3.63, 3.8) is 0 Å². The van der Waals surface area contributed by atoms with Gasteiger partial charge in [-0.25, -0.2) is 4.98 Å². The molecule has 0 saturated carbocycles. The van der Waals surface area contributed by atoms with Crippen LogP contribution in [0.15, 0.2) is 35.4 Å². The molecular formula is C14H15N5O2. The number of benzene rings is 1. The fraction of sp³-hybridized carbons (Fsp3) is 0.214. The minimum atomic E-state index is -0.329. The number of H-pyrrole nitrogens is 1. The highest BCUT2D eigenvalue weighted by Gasteiger charge is 2.09. The Kier molecular flexibility index (Phi) is 3.41. The molecule has 3 aromatic rings. The average molecular weight is 285 g/mol. The number of ether oxygens (including phenoxy) is 1. The molecule has 7 nitrogen and oxygen atoms in total. The molecule has 0 spiro atoms. The van der Waals surface area contributed by atoms with Gasteiger partial charge < -0.3 is 15.0 Å². The molecule has 2 heterocycles. The number of hydrogen-bond donors (Lipinski definition) is 2. The van der Waals surface area contributed by atoms with E-state index >= 15 is 0 Å². The summed E-state index contributed by atoms with van der Waals surface area (Å²) in [6.07, 6.45) is 1.59. The van der Waals surface area contributed by atoms with Gasteiger partial charge in [0.1, 0.15) is 0 Å². The Morgan fingerprint density at radius 2 is 2.19 bits per heavy atom. The summed E-state index contributed by atoms with van der Waals surface area (Å²) in [5.41, 5.74) is 8.19. The number of methoxy groups -OCH3 is 1. The van der Waals surface area contributed by atoms with E-state index in [1.54, 1.807) is 18.0 Å². The third kappa shape index (κ3) is 2.63. The molecule has 0 radical (unpaired) electrons. The Morgan fingerprint density at radius 3 is 3.00 bits per heavy atom. The standard InChI is InChI=1S/C14H15N5O2/c1-21-7-10-4-2-3-9(5-10)6-19-8-16-11-12(19)17-14(15)18-13(11)20/h2-5,8H,6-7H2,1H3,(H3,15,17,18,20). The predicted octanol–water partition coefficient (Wildman–Crippen LogP) is 0.897. The van der Waals surface area contributed by atoms with Crippen LogP contribution >= 0.6 is 0 Å². The number of rotatable bonds is 4. The lowest BCUT2D eigenvalue weighted by atomic mass is 10.1. The molecule has 0 aliphatic carbocycles. The molecule has 1 aromatic carbocycles. The van der Waals surface area contributed by atoms with Crippen molar-refractivity contribution in [2.24, 2.45) is 0 Å². The van der Waals surface area contributed by atoms with E-state index in [0.717, 1.165) is 11.1 Å². The molecule has 0 amide bonds. The molecule has 21 heavy (non-hydrogen) atoms. The Hall–Kier alpha value is -2.67. The predicted molar refractivity (Wildman–Crippen MR) is 78.8 cm³/mol. The second-order valence-corrected chi connectivity index (χ2v) is 4.75. The van der Waals surface area contributed by atoms with Crippen molar-refractivity contribution in [1.82, 2.24) is 19.5 Å². The molecule has 0 saturated heterocycles. The van der Waals surface area contributed by atoms with Crippen LogP contribution in [0.3, 0.4) is 0 Å². The van der Waals surface area contributed by atoms with Crippen molar-refractivity contribution in [2.45, 2.75) is 13.2 Å². The summed E-state index contributed by atoms with van der Waals surface area (Å²) in [5.74, 6) is 0.0855. The fourth-order valence-electron chi connectivity index (χ4n) is 2.27. The van der Waals surface area contributed by atoms with Crippen LogP contribution in [0.2, 0.25) is 0 Å². The smallest absolute Gasteiger partial charge is 0.280 e. The van der Waals surface area contributed by atoms with E-state index in [4.69, 9.17) is 10.5 Å². The van der Waals surface area contributed by atoms with E-state index in [1.807, 2.05) is 24.3 Å². The van der Waals surface area contributed by atoms with Crippen molar-refractivity contribution < 1.29 is 4.74 Å². The molecule has 3 rings (SSSR count). The molecular weight excluding hydrogens is 270 g/mol. The summed E-state index contributed by atoms with van der Waals surface area (Å²) in [6.45, 7) is 1.12. The zero-order valence-corrected chi connectivity index (χ0v) is 11.5. The van der Waals surface area contributed by atoms with Crippen LogP contribution in [0.25, 0.3) is 11.2 Å². The Balaban J connectivity index is 1.98. The first-order valence-corrected chi connectivity index (χ1v) is 6.45. The topological polar surface area (TPSA) is 98.8 Å². The van der Waals surface area contributed by atoms with Crippen molar-refractivity contribution in [1.29, 1.82) is 0 Å². The molecule has 0 bridgehead atoms. The van der Waals surface area contributed by atoms with Gasteiger partial charge in [0.15, 0.2) is 11.2 Å². The molecule has 0 aliphatic heterocycles. The van der Waals surface area contributed by atoms with Gasteiger partial charge in [-0.3, -0.25) is 9.78 Å². The second kappa shape index (κ2) is 5.37. The minimum Gasteiger partial charge on any atom is -0.380 e. The van der Waals surface area contributed by atoms with Gasteiger partial charge in [0.05, 0.1) is 19.5 Å². The Labute approximate surface area is 120 Å². The summed E-state index contributed by atoms with van der Waals surface area (Å²) in [5, 5.41) is 0. The van der Waals surface area contributed by atoms with Gasteiger partial charge >= 0.3 is 0 Å². The van der Waals surface area contributed by atoms with Crippen LogP contribution in [-0.4, -0.2) is 26.6 Å². The third-order valence-electron chi connectivity index (χ3n) is 3.15. The van der Waals surface area contributed by atoms with E-state index in [9.17, 15) is 4.79 Å². The number of imidazole rings is 1. The maximum atomic E-state index is 11.7. The number of fused-ring (bicyclic) bond motifs is 1. The molecule has 0 atom stereocenters. The zero-order valence-electron chi connectivity index (χ0n) is 11.5. The number of aromatic amines is 1. The lowest BCUT2D eigenvalue weighted by Crippen LogP contribution is -2.12. The van der Waals surface area contributed by atoms with Crippen molar-refractivity contribution >= 4 is 17.1 Å². The minimum absolute atomic E-state index is 0.0855. The maximum Gasteiger partial charge on any atom is 0.280 e. The zero-order chi connectivity index (χ0) is 14.8. The first kappa shape index (κ1) is 13.3. The highest BCUT2D eigenvalue weighted by Crippen LogP contribution is 2.12. The Bertz CT molecular complexity index is 837. The van der Waals surface area contributed by atoms with Gasteiger partial charge in [-0.15, -0.1) is 0 Å². The van der Waals surface area contributed by atoms with E-state index < -0.39 is 0 Å². The highest BCUT2D eigenvalue weighted by atomic mass is 16.5. The van der Waals surface area contributed by atoms with Crippen LogP contribution in [0.4, 0.5) is 5.95 Å². The summed E-state index contributed by atoms with van der Waals surface area (Å²) < 4.78 is 6.92. The van der Waals surface area contributed by atoms with Gasteiger partial charge in [0, 0.05) is 7.11 Å². The largest absolute Gasteiger partial charge is 0.380 e. The number of hydrogen-bond acceptors (Lipinski definition) is 5. The van der Waals surface area contributed by atoms with Crippen LogP contribution in [0.5, 0.6) is 0 Å². The van der Waals surface area contributed by atoms with Crippen LogP contribution < -0.4 is 11.3 Å². The summed E-state index contributed by atoms with van der Waals surface area (Å²) >= 11 is 0. The molecule has 0 unspecified atom stereocenters. The number of nitrogen functional groups attached to an aromatic ring is 1. The SMILES string of the molecule is COCc1cccc(Cn2cnc3c(=O)[nH]c(N)nc32)c1. The lowest BCUT2D eigenvalue weighted by molar-refractivity contribution is 0.185. The number of anilines is 1. The van der Waals surface area contributed by atoms with Crippen LogP contribution in [-0.2, 0) is 17.9 Å². The summed E-state index contributed by atoms with van der Waals surface area (Å²) in [4.78, 5) is 22.4.